The lowest BCUT2D eigenvalue weighted by Crippen LogP contribution is -2.58. The van der Waals surface area contributed by atoms with Gasteiger partial charge in [-0.05, 0) is 76.7 Å². The molecule has 3 aromatic rings. The summed E-state index contributed by atoms with van der Waals surface area (Å²) in [4.78, 5) is 26.6. The van der Waals surface area contributed by atoms with Crippen LogP contribution in [-0.2, 0) is 17.8 Å². The number of carbonyl (C=O) groups excluding carboxylic acids is 1. The lowest BCUT2D eigenvalue weighted by Gasteiger charge is -2.46. The zero-order chi connectivity index (χ0) is 30.2. The maximum atomic E-state index is 12.6. The highest BCUT2D eigenvalue weighted by Crippen LogP contribution is 2.41. The number of aryl methyl sites for hydroxylation is 1. The average molecular weight is 579 g/mol. The fourth-order valence-corrected chi connectivity index (χ4v) is 7.26. The summed E-state index contributed by atoms with van der Waals surface area (Å²) in [5.41, 5.74) is 5.99. The molecule has 224 valence electrons. The first-order valence-electron chi connectivity index (χ1n) is 15.5. The van der Waals surface area contributed by atoms with Crippen molar-refractivity contribution in [2.24, 2.45) is 0 Å². The number of hydrogen-bond donors (Lipinski definition) is 0. The second-order valence-electron chi connectivity index (χ2n) is 12.4. The van der Waals surface area contributed by atoms with Crippen LogP contribution in [0.25, 0.3) is 10.8 Å². The number of aromatic nitrogens is 1. The molecular formula is C35H42N6O2. The summed E-state index contributed by atoms with van der Waals surface area (Å²) in [6.45, 7) is 14.3. The van der Waals surface area contributed by atoms with Gasteiger partial charge in [0.05, 0.1) is 17.9 Å². The molecule has 3 atom stereocenters. The Morgan fingerprint density at radius 3 is 2.67 bits per heavy atom. The number of piperazine rings is 1. The maximum Gasteiger partial charge on any atom is 0.246 e. The van der Waals surface area contributed by atoms with E-state index in [0.717, 1.165) is 49.3 Å². The summed E-state index contributed by atoms with van der Waals surface area (Å²) in [5, 5.41) is 13.1. The van der Waals surface area contributed by atoms with Crippen molar-refractivity contribution in [2.45, 2.75) is 64.7 Å². The van der Waals surface area contributed by atoms with E-state index in [1.54, 1.807) is 0 Å². The Bertz CT molecular complexity index is 1590. The Balaban J connectivity index is 1.42. The molecule has 0 radical (unpaired) electrons. The Labute approximate surface area is 255 Å². The van der Waals surface area contributed by atoms with Crippen molar-refractivity contribution in [1.29, 1.82) is 5.26 Å². The molecule has 3 aliphatic rings. The van der Waals surface area contributed by atoms with Crippen LogP contribution in [0.15, 0.2) is 49.1 Å². The van der Waals surface area contributed by atoms with Crippen LogP contribution in [0, 0.1) is 18.3 Å². The van der Waals surface area contributed by atoms with E-state index >= 15 is 0 Å². The number of amides is 1. The molecule has 0 bridgehead atoms. The molecule has 8 heteroatoms. The number of anilines is 2. The molecule has 0 unspecified atom stereocenters. The van der Waals surface area contributed by atoms with Crippen LogP contribution in [0.1, 0.15) is 49.1 Å². The Morgan fingerprint density at radius 2 is 1.95 bits per heavy atom. The van der Waals surface area contributed by atoms with Gasteiger partial charge in [0.2, 0.25) is 11.8 Å². The van der Waals surface area contributed by atoms with Gasteiger partial charge in [0.25, 0.3) is 0 Å². The topological polar surface area (TPSA) is 75.9 Å². The van der Waals surface area contributed by atoms with E-state index in [1.165, 1.54) is 28.1 Å². The van der Waals surface area contributed by atoms with E-state index in [0.29, 0.717) is 43.7 Å². The Morgan fingerprint density at radius 1 is 1.16 bits per heavy atom. The van der Waals surface area contributed by atoms with Gasteiger partial charge in [-0.2, -0.15) is 5.26 Å². The molecule has 6 rings (SSSR count). The van der Waals surface area contributed by atoms with Gasteiger partial charge in [-0.3, -0.25) is 4.79 Å². The number of ether oxygens (including phenoxy) is 1. The molecule has 1 amide bonds. The third-order valence-corrected chi connectivity index (χ3v) is 9.65. The lowest BCUT2D eigenvalue weighted by molar-refractivity contribution is -0.128. The number of benzene rings is 2. The molecule has 4 heterocycles. The quantitative estimate of drug-likeness (QED) is 0.379. The second kappa shape index (κ2) is 11.9. The van der Waals surface area contributed by atoms with Gasteiger partial charge in [0.1, 0.15) is 18.2 Å². The van der Waals surface area contributed by atoms with E-state index in [-0.39, 0.29) is 18.0 Å². The molecule has 1 aromatic heterocycles. The number of carbonyl (C=O) groups is 1. The fraction of sp³-hybridized carbons (Fsp3) is 0.457. The lowest BCUT2D eigenvalue weighted by atomic mass is 9.95. The van der Waals surface area contributed by atoms with Crippen molar-refractivity contribution in [2.75, 3.05) is 49.6 Å². The maximum absolute atomic E-state index is 12.6. The smallest absolute Gasteiger partial charge is 0.246 e. The third kappa shape index (κ3) is 5.31. The predicted octanol–water partition coefficient (Wildman–Crippen LogP) is 5.06. The number of pyridine rings is 1. The molecule has 2 fully saturated rings. The van der Waals surface area contributed by atoms with Gasteiger partial charge in [0.15, 0.2) is 0 Å². The van der Waals surface area contributed by atoms with Crippen molar-refractivity contribution in [3.05, 3.63) is 71.4 Å². The van der Waals surface area contributed by atoms with E-state index in [4.69, 9.17) is 9.72 Å². The molecular weight excluding hydrogens is 536 g/mol. The van der Waals surface area contributed by atoms with Crippen LogP contribution in [-0.4, -0.2) is 78.7 Å². The summed E-state index contributed by atoms with van der Waals surface area (Å²) >= 11 is 0. The van der Waals surface area contributed by atoms with Crippen LogP contribution in [0.5, 0.6) is 5.88 Å². The van der Waals surface area contributed by atoms with Crippen molar-refractivity contribution in [1.82, 2.24) is 14.8 Å². The monoisotopic (exact) mass is 578 g/mol. The van der Waals surface area contributed by atoms with Crippen molar-refractivity contribution in [3.63, 3.8) is 0 Å². The SMILES string of the molecule is C=CC(=O)N1C[C@H](C)N(c2c(C#N)c(OC[C@@H]3CCCN3C)nc3c2CCN(c2cccc4cccc(C)c24)C3)C[C@H]1C. The molecule has 2 saturated heterocycles. The zero-order valence-corrected chi connectivity index (χ0v) is 25.8. The zero-order valence-electron chi connectivity index (χ0n) is 25.8. The first kappa shape index (κ1) is 29.0. The first-order chi connectivity index (χ1) is 20.8. The Hall–Kier alpha value is -4.09. The second-order valence-corrected chi connectivity index (χ2v) is 12.4. The number of likely N-dealkylation sites (N-methyl/N-ethyl adjacent to an activating group) is 1. The number of rotatable bonds is 6. The minimum atomic E-state index is -0.0537. The van der Waals surface area contributed by atoms with Crippen LogP contribution >= 0.6 is 0 Å². The van der Waals surface area contributed by atoms with Gasteiger partial charge in [-0.15, -0.1) is 0 Å². The summed E-state index contributed by atoms with van der Waals surface area (Å²) in [5.74, 6) is 0.374. The summed E-state index contributed by atoms with van der Waals surface area (Å²) < 4.78 is 6.45. The summed E-state index contributed by atoms with van der Waals surface area (Å²) in [7, 11) is 2.13. The van der Waals surface area contributed by atoms with Crippen molar-refractivity contribution >= 4 is 28.1 Å². The highest BCUT2D eigenvalue weighted by atomic mass is 16.5. The number of nitriles is 1. The van der Waals surface area contributed by atoms with Crippen LogP contribution in [0.3, 0.4) is 0 Å². The number of hydrogen-bond acceptors (Lipinski definition) is 7. The molecule has 43 heavy (non-hydrogen) atoms. The van der Waals surface area contributed by atoms with Gasteiger partial charge < -0.3 is 24.3 Å². The van der Waals surface area contributed by atoms with Gasteiger partial charge >= 0.3 is 0 Å². The van der Waals surface area contributed by atoms with E-state index in [9.17, 15) is 10.1 Å². The van der Waals surface area contributed by atoms with E-state index < -0.39 is 0 Å². The molecule has 3 aliphatic heterocycles. The standard InChI is InChI=1S/C35H42N6O2/c1-6-32(42)40-19-25(4)41(20-24(40)3)34-28-15-17-39(31-14-8-12-26-11-7-10-23(2)33(26)31)21-30(28)37-35(29(34)18-36)43-22-27-13-9-16-38(27)5/h6-8,10-12,14,24-25,27H,1,9,13,15-17,19-22H2,2-5H3/t24-,25+,27+/m1/s1. The molecule has 0 saturated carbocycles. The van der Waals surface area contributed by atoms with Crippen LogP contribution < -0.4 is 14.5 Å². The average Bonchev–Trinajstić information content (AvgIpc) is 3.43. The van der Waals surface area contributed by atoms with Gasteiger partial charge in [-0.1, -0.05) is 36.9 Å². The van der Waals surface area contributed by atoms with Crippen molar-refractivity contribution in [3.8, 4) is 11.9 Å². The third-order valence-electron chi connectivity index (χ3n) is 9.65. The summed E-state index contributed by atoms with van der Waals surface area (Å²) in [6, 6.07) is 15.8. The van der Waals surface area contributed by atoms with E-state index in [1.807, 2.05) is 4.90 Å². The highest BCUT2D eigenvalue weighted by molar-refractivity contribution is 5.97. The molecule has 0 aliphatic carbocycles. The largest absolute Gasteiger partial charge is 0.475 e. The van der Waals surface area contributed by atoms with Gasteiger partial charge in [0, 0.05) is 54.4 Å². The molecule has 0 spiro atoms. The summed E-state index contributed by atoms with van der Waals surface area (Å²) in [6.07, 6.45) is 4.40. The highest BCUT2D eigenvalue weighted by Gasteiger charge is 2.37. The van der Waals surface area contributed by atoms with Crippen molar-refractivity contribution < 1.29 is 9.53 Å². The molecule has 2 aromatic carbocycles. The molecule has 8 nitrogen and oxygen atoms in total. The molecule has 0 N–H and O–H groups in total. The minimum absolute atomic E-state index is 0.0197. The van der Waals surface area contributed by atoms with E-state index in [2.05, 4.69) is 91.6 Å². The van der Waals surface area contributed by atoms with Crippen LogP contribution in [0.2, 0.25) is 0 Å². The number of fused-ring (bicyclic) bond motifs is 2. The predicted molar refractivity (Wildman–Crippen MR) is 172 cm³/mol. The minimum Gasteiger partial charge on any atom is -0.475 e. The van der Waals surface area contributed by atoms with Crippen LogP contribution in [0.4, 0.5) is 11.4 Å². The normalized spacial score (nSPS) is 22.4. The Kier molecular flexibility index (Phi) is 8.02. The number of likely N-dealkylation sites (tertiary alicyclic amines) is 1. The number of nitrogens with zero attached hydrogens (tertiary/aromatic N) is 6. The first-order valence-corrected chi connectivity index (χ1v) is 15.5. The van der Waals surface area contributed by atoms with Gasteiger partial charge in [-0.25, -0.2) is 4.98 Å². The fourth-order valence-electron chi connectivity index (χ4n) is 7.26.